The Morgan fingerprint density at radius 2 is 2.10 bits per heavy atom. The first-order valence-corrected chi connectivity index (χ1v) is 7.44. The highest BCUT2D eigenvalue weighted by atomic mass is 32.2. The highest BCUT2D eigenvalue weighted by molar-refractivity contribution is 8.01. The van der Waals surface area contributed by atoms with Crippen molar-refractivity contribution in [2.45, 2.75) is 32.4 Å². The van der Waals surface area contributed by atoms with Gasteiger partial charge in [0.15, 0.2) is 0 Å². The summed E-state index contributed by atoms with van der Waals surface area (Å²) in [7, 11) is 0. The molecule has 0 fully saturated rings. The van der Waals surface area contributed by atoms with Crippen LogP contribution in [-0.2, 0) is 4.79 Å². The summed E-state index contributed by atoms with van der Waals surface area (Å²) in [6, 6.07) is 5.61. The molecule has 20 heavy (non-hydrogen) atoms. The summed E-state index contributed by atoms with van der Waals surface area (Å²) in [4.78, 5) is 11.9. The first-order valence-electron chi connectivity index (χ1n) is 6.46. The van der Waals surface area contributed by atoms with Crippen LogP contribution in [-0.4, -0.2) is 28.1 Å². The second-order valence-electron chi connectivity index (χ2n) is 5.44. The molecule has 1 rings (SSSR count). The Balaban J connectivity index is 2.73. The topological polar surface area (TPSA) is 49.3 Å². The van der Waals surface area contributed by atoms with E-state index in [1.165, 1.54) is 0 Å². The van der Waals surface area contributed by atoms with Crippen LogP contribution in [0.2, 0.25) is 0 Å². The van der Waals surface area contributed by atoms with Gasteiger partial charge in [-0.15, -0.1) is 11.8 Å². The average Bonchev–Trinajstić information content (AvgIpc) is 2.36. The maximum atomic E-state index is 11.9. The fraction of sp³-hybridized carbons (Fsp3) is 0.438. The predicted molar refractivity (Wildman–Crippen MR) is 86.0 cm³/mol. The zero-order chi connectivity index (χ0) is 15.2. The lowest BCUT2D eigenvalue weighted by atomic mass is 10.1. The van der Waals surface area contributed by atoms with Gasteiger partial charge in [0.05, 0.1) is 5.75 Å². The van der Waals surface area contributed by atoms with E-state index in [0.29, 0.717) is 5.75 Å². The second kappa shape index (κ2) is 7.37. The number of amides is 1. The average molecular weight is 291 g/mol. The first-order chi connectivity index (χ1) is 9.31. The molecule has 0 aromatic heterocycles. The van der Waals surface area contributed by atoms with E-state index in [1.54, 1.807) is 11.8 Å². The Morgan fingerprint density at radius 3 is 2.70 bits per heavy atom. The van der Waals surface area contributed by atoms with Crippen molar-refractivity contribution in [3.8, 4) is 11.8 Å². The highest BCUT2D eigenvalue weighted by Crippen LogP contribution is 2.23. The van der Waals surface area contributed by atoms with Gasteiger partial charge in [-0.3, -0.25) is 4.79 Å². The van der Waals surface area contributed by atoms with E-state index >= 15 is 0 Å². The largest absolute Gasteiger partial charge is 0.384 e. The van der Waals surface area contributed by atoms with Crippen molar-refractivity contribution in [3.63, 3.8) is 0 Å². The Bertz CT molecular complexity index is 536. The summed E-state index contributed by atoms with van der Waals surface area (Å²) in [5.74, 6) is 5.85. The molecule has 108 valence electrons. The molecule has 0 aliphatic heterocycles. The molecule has 1 aromatic rings. The lowest BCUT2D eigenvalue weighted by Crippen LogP contribution is -2.19. The van der Waals surface area contributed by atoms with Gasteiger partial charge in [0, 0.05) is 16.0 Å². The first kappa shape index (κ1) is 16.6. The van der Waals surface area contributed by atoms with Gasteiger partial charge in [0.1, 0.15) is 6.61 Å². The monoisotopic (exact) mass is 291 g/mol. The summed E-state index contributed by atoms with van der Waals surface area (Å²) in [6.07, 6.45) is 0. The number of carbonyl (C=O) groups is 1. The Labute approximate surface area is 125 Å². The summed E-state index contributed by atoms with van der Waals surface area (Å²) in [5.41, 5.74) is 2.55. The van der Waals surface area contributed by atoms with Crippen LogP contribution in [0.4, 0.5) is 5.69 Å². The van der Waals surface area contributed by atoms with Gasteiger partial charge in [0.2, 0.25) is 5.91 Å². The Hall–Kier alpha value is -1.44. The second-order valence-corrected chi connectivity index (χ2v) is 7.24. The number of thioether (sulfide) groups is 1. The number of nitrogens with one attached hydrogen (secondary N) is 1. The number of aryl methyl sites for hydroxylation is 1. The molecule has 0 aliphatic carbocycles. The van der Waals surface area contributed by atoms with Gasteiger partial charge in [-0.25, -0.2) is 0 Å². The van der Waals surface area contributed by atoms with Crippen LogP contribution in [0.5, 0.6) is 0 Å². The standard InChI is InChI=1S/C16H21NO2S/c1-12-7-8-13(6-5-9-18)10-14(12)17-15(19)11-20-16(2,3)4/h7-8,10,18H,9,11H2,1-4H3,(H,17,19). The number of aliphatic hydroxyl groups excluding tert-OH is 1. The molecule has 3 nitrogen and oxygen atoms in total. The van der Waals surface area contributed by atoms with Gasteiger partial charge >= 0.3 is 0 Å². The van der Waals surface area contributed by atoms with Crippen molar-refractivity contribution >= 4 is 23.4 Å². The molecular formula is C16H21NO2S. The van der Waals surface area contributed by atoms with E-state index in [0.717, 1.165) is 16.8 Å². The summed E-state index contributed by atoms with van der Waals surface area (Å²) < 4.78 is 0.0703. The van der Waals surface area contributed by atoms with Crippen molar-refractivity contribution in [2.75, 3.05) is 17.7 Å². The van der Waals surface area contributed by atoms with Crippen LogP contribution < -0.4 is 5.32 Å². The van der Waals surface area contributed by atoms with E-state index in [1.807, 2.05) is 25.1 Å². The fourth-order valence-corrected chi connectivity index (χ4v) is 2.08. The minimum absolute atomic E-state index is 0.0136. The molecule has 0 atom stereocenters. The highest BCUT2D eigenvalue weighted by Gasteiger charge is 2.13. The molecule has 0 saturated heterocycles. The number of aliphatic hydroxyl groups is 1. The van der Waals surface area contributed by atoms with Crippen LogP contribution in [0.3, 0.4) is 0 Å². The third-order valence-corrected chi connectivity index (χ3v) is 3.73. The predicted octanol–water partition coefficient (Wildman–Crippen LogP) is 2.81. The number of carbonyl (C=O) groups excluding carboxylic acids is 1. The van der Waals surface area contributed by atoms with Crippen molar-refractivity contribution in [3.05, 3.63) is 29.3 Å². The molecule has 1 aromatic carbocycles. The quantitative estimate of drug-likeness (QED) is 0.842. The zero-order valence-corrected chi connectivity index (χ0v) is 13.2. The third kappa shape index (κ3) is 6.14. The van der Waals surface area contributed by atoms with Crippen LogP contribution in [0.15, 0.2) is 18.2 Å². The molecule has 0 aliphatic rings. The SMILES string of the molecule is Cc1ccc(C#CCO)cc1NC(=O)CSC(C)(C)C. The number of benzene rings is 1. The van der Waals surface area contributed by atoms with Crippen LogP contribution in [0.25, 0.3) is 0 Å². The molecule has 4 heteroatoms. The van der Waals surface area contributed by atoms with Gasteiger partial charge < -0.3 is 10.4 Å². The lowest BCUT2D eigenvalue weighted by molar-refractivity contribution is -0.113. The van der Waals surface area contributed by atoms with Crippen molar-refractivity contribution in [2.24, 2.45) is 0 Å². The summed E-state index contributed by atoms with van der Waals surface area (Å²) >= 11 is 1.61. The number of rotatable bonds is 3. The molecule has 0 radical (unpaired) electrons. The van der Waals surface area contributed by atoms with E-state index < -0.39 is 0 Å². The van der Waals surface area contributed by atoms with Gasteiger partial charge in [-0.2, -0.15) is 0 Å². The number of anilines is 1. The van der Waals surface area contributed by atoms with Crippen LogP contribution in [0.1, 0.15) is 31.9 Å². The van der Waals surface area contributed by atoms with E-state index in [-0.39, 0.29) is 17.3 Å². The summed E-state index contributed by atoms with van der Waals surface area (Å²) in [6.45, 7) is 8.03. The molecule has 0 spiro atoms. The maximum absolute atomic E-state index is 11.9. The van der Waals surface area contributed by atoms with Crippen molar-refractivity contribution < 1.29 is 9.90 Å². The number of hydrogen-bond acceptors (Lipinski definition) is 3. The van der Waals surface area contributed by atoms with Gasteiger partial charge in [0.25, 0.3) is 0 Å². The zero-order valence-electron chi connectivity index (χ0n) is 12.4. The molecule has 2 N–H and O–H groups in total. The van der Waals surface area contributed by atoms with E-state index in [9.17, 15) is 4.79 Å². The normalized spacial score (nSPS) is 10.7. The molecule has 0 heterocycles. The van der Waals surface area contributed by atoms with Crippen molar-refractivity contribution in [1.82, 2.24) is 0 Å². The molecule has 0 unspecified atom stereocenters. The van der Waals surface area contributed by atoms with Gasteiger partial charge in [-0.05, 0) is 24.6 Å². The molecule has 0 saturated carbocycles. The molecule has 1 amide bonds. The Kier molecular flexibility index (Phi) is 6.12. The smallest absolute Gasteiger partial charge is 0.234 e. The maximum Gasteiger partial charge on any atom is 0.234 e. The lowest BCUT2D eigenvalue weighted by Gasteiger charge is -2.17. The van der Waals surface area contributed by atoms with E-state index in [2.05, 4.69) is 37.9 Å². The fourth-order valence-electron chi connectivity index (χ4n) is 1.44. The Morgan fingerprint density at radius 1 is 1.40 bits per heavy atom. The van der Waals surface area contributed by atoms with E-state index in [4.69, 9.17) is 5.11 Å². The third-order valence-electron chi connectivity index (χ3n) is 2.46. The van der Waals surface area contributed by atoms with Gasteiger partial charge in [-0.1, -0.05) is 38.7 Å². The van der Waals surface area contributed by atoms with Crippen molar-refractivity contribution in [1.29, 1.82) is 0 Å². The molecular weight excluding hydrogens is 270 g/mol. The van der Waals surface area contributed by atoms with Crippen LogP contribution >= 0.6 is 11.8 Å². The minimum atomic E-state index is -0.169. The molecule has 0 bridgehead atoms. The minimum Gasteiger partial charge on any atom is -0.384 e. The summed E-state index contributed by atoms with van der Waals surface area (Å²) in [5, 5.41) is 11.6. The van der Waals surface area contributed by atoms with Crippen LogP contribution in [0, 0.1) is 18.8 Å². The number of hydrogen-bond donors (Lipinski definition) is 2.